The molecule has 1 N–H and O–H groups in total. The highest BCUT2D eigenvalue weighted by Gasteiger charge is 1.93. The first-order valence-corrected chi connectivity index (χ1v) is 5.08. The lowest BCUT2D eigenvalue weighted by Gasteiger charge is -1.96. The van der Waals surface area contributed by atoms with E-state index in [4.69, 9.17) is 0 Å². The predicted octanol–water partition coefficient (Wildman–Crippen LogP) is 2.76. The van der Waals surface area contributed by atoms with Crippen LogP contribution in [-0.2, 0) is 0 Å². The van der Waals surface area contributed by atoms with Crippen LogP contribution in [0.2, 0.25) is 0 Å². The molecule has 0 aliphatic heterocycles. The Morgan fingerprint density at radius 3 is 3.08 bits per heavy atom. The molecular formula is C10H15NS. The first-order valence-electron chi connectivity index (χ1n) is 4.20. The van der Waals surface area contributed by atoms with Gasteiger partial charge in [0.05, 0.1) is 0 Å². The summed E-state index contributed by atoms with van der Waals surface area (Å²) in [5.74, 6) is 0. The van der Waals surface area contributed by atoms with Gasteiger partial charge < -0.3 is 5.32 Å². The monoisotopic (exact) mass is 181 g/mol. The molecule has 0 spiro atoms. The third-order valence-corrected chi connectivity index (χ3v) is 2.76. The number of hydrogen-bond donors (Lipinski definition) is 1. The smallest absolute Gasteiger partial charge is 0.0296 e. The molecule has 0 aliphatic carbocycles. The van der Waals surface area contributed by atoms with Crippen molar-refractivity contribution in [3.63, 3.8) is 0 Å². The van der Waals surface area contributed by atoms with Crippen LogP contribution in [0.1, 0.15) is 18.2 Å². The summed E-state index contributed by atoms with van der Waals surface area (Å²) in [5.41, 5.74) is 1.39. The van der Waals surface area contributed by atoms with Crippen LogP contribution in [0.4, 0.5) is 0 Å². The number of allylic oxidation sites excluding steroid dienone is 1. The second-order valence-corrected chi connectivity index (χ2v) is 3.70. The second kappa shape index (κ2) is 5.12. The van der Waals surface area contributed by atoms with Gasteiger partial charge in [-0.15, -0.1) is 11.3 Å². The van der Waals surface area contributed by atoms with Crippen molar-refractivity contribution in [1.29, 1.82) is 0 Å². The quantitative estimate of drug-likeness (QED) is 0.704. The average Bonchev–Trinajstić information content (AvgIpc) is 2.56. The third kappa shape index (κ3) is 2.80. The van der Waals surface area contributed by atoms with Crippen LogP contribution in [0.15, 0.2) is 23.6 Å². The van der Waals surface area contributed by atoms with Gasteiger partial charge in [-0.25, -0.2) is 0 Å². The van der Waals surface area contributed by atoms with Crippen LogP contribution < -0.4 is 5.32 Å². The van der Waals surface area contributed by atoms with Crippen molar-refractivity contribution in [1.82, 2.24) is 5.32 Å². The fourth-order valence-corrected chi connectivity index (χ4v) is 1.77. The number of thiophene rings is 1. The number of nitrogens with one attached hydrogen (secondary N) is 1. The molecule has 1 aromatic heterocycles. The van der Waals surface area contributed by atoms with Crippen molar-refractivity contribution in [3.05, 3.63) is 28.5 Å². The van der Waals surface area contributed by atoms with Crippen LogP contribution in [0.5, 0.6) is 0 Å². The molecule has 1 aromatic rings. The summed E-state index contributed by atoms with van der Waals surface area (Å²) in [6, 6.07) is 4.26. The Kier molecular flexibility index (Phi) is 4.05. The Balaban J connectivity index is 2.47. The zero-order valence-electron chi connectivity index (χ0n) is 7.63. The van der Waals surface area contributed by atoms with Crippen LogP contribution >= 0.6 is 11.3 Å². The van der Waals surface area contributed by atoms with Gasteiger partial charge in [0.15, 0.2) is 0 Å². The van der Waals surface area contributed by atoms with Gasteiger partial charge in [-0.3, -0.25) is 0 Å². The van der Waals surface area contributed by atoms with Crippen molar-refractivity contribution >= 4 is 16.9 Å². The highest BCUT2D eigenvalue weighted by molar-refractivity contribution is 7.11. The minimum absolute atomic E-state index is 1.06. The number of rotatable bonds is 4. The number of hydrogen-bond acceptors (Lipinski definition) is 2. The fourth-order valence-electron chi connectivity index (χ4n) is 1.04. The Bertz CT molecular complexity index is 236. The zero-order chi connectivity index (χ0) is 8.81. The molecule has 0 saturated carbocycles. The van der Waals surface area contributed by atoms with E-state index in [9.17, 15) is 0 Å². The van der Waals surface area contributed by atoms with Crippen molar-refractivity contribution in [2.75, 3.05) is 13.6 Å². The SMILES string of the molecule is CNCCC=C(C)c1cccs1. The van der Waals surface area contributed by atoms with Crippen molar-refractivity contribution in [3.8, 4) is 0 Å². The van der Waals surface area contributed by atoms with E-state index >= 15 is 0 Å². The largest absolute Gasteiger partial charge is 0.319 e. The first-order chi connectivity index (χ1) is 5.84. The Morgan fingerprint density at radius 1 is 1.67 bits per heavy atom. The normalized spacial score (nSPS) is 12.0. The van der Waals surface area contributed by atoms with E-state index in [0.717, 1.165) is 13.0 Å². The molecule has 1 rings (SSSR count). The molecule has 0 aromatic carbocycles. The van der Waals surface area contributed by atoms with E-state index in [1.54, 1.807) is 11.3 Å². The Labute approximate surface area is 78.1 Å². The summed E-state index contributed by atoms with van der Waals surface area (Å²) in [4.78, 5) is 1.38. The molecule has 0 unspecified atom stereocenters. The molecule has 2 heteroatoms. The van der Waals surface area contributed by atoms with E-state index in [1.165, 1.54) is 10.5 Å². The molecule has 0 aliphatic rings. The lowest BCUT2D eigenvalue weighted by atomic mass is 10.2. The second-order valence-electron chi connectivity index (χ2n) is 2.76. The predicted molar refractivity (Wildman–Crippen MR) is 56.5 cm³/mol. The van der Waals surface area contributed by atoms with Crippen molar-refractivity contribution in [2.24, 2.45) is 0 Å². The lowest BCUT2D eigenvalue weighted by Crippen LogP contribution is -2.05. The van der Waals surface area contributed by atoms with Gasteiger partial charge in [0.25, 0.3) is 0 Å². The van der Waals surface area contributed by atoms with Crippen LogP contribution in [-0.4, -0.2) is 13.6 Å². The first kappa shape index (κ1) is 9.49. The highest BCUT2D eigenvalue weighted by Crippen LogP contribution is 2.19. The van der Waals surface area contributed by atoms with E-state index in [1.807, 2.05) is 7.05 Å². The summed E-state index contributed by atoms with van der Waals surface area (Å²) >= 11 is 1.80. The molecule has 0 atom stereocenters. The zero-order valence-corrected chi connectivity index (χ0v) is 8.45. The third-order valence-electron chi connectivity index (χ3n) is 1.75. The molecule has 0 bridgehead atoms. The highest BCUT2D eigenvalue weighted by atomic mass is 32.1. The molecule has 0 saturated heterocycles. The maximum atomic E-state index is 3.13. The van der Waals surface area contributed by atoms with Crippen LogP contribution in [0, 0.1) is 0 Å². The average molecular weight is 181 g/mol. The Hall–Kier alpha value is -0.600. The minimum Gasteiger partial charge on any atom is -0.319 e. The summed E-state index contributed by atoms with van der Waals surface area (Å²) in [6.45, 7) is 3.23. The van der Waals surface area contributed by atoms with Gasteiger partial charge in [-0.05, 0) is 44.0 Å². The summed E-state index contributed by atoms with van der Waals surface area (Å²) in [6.07, 6.45) is 3.39. The van der Waals surface area contributed by atoms with Crippen LogP contribution in [0.3, 0.4) is 0 Å². The molecule has 66 valence electrons. The van der Waals surface area contributed by atoms with Gasteiger partial charge in [-0.2, -0.15) is 0 Å². The van der Waals surface area contributed by atoms with Gasteiger partial charge in [0, 0.05) is 4.88 Å². The van der Waals surface area contributed by atoms with E-state index in [2.05, 4.69) is 35.8 Å². The lowest BCUT2D eigenvalue weighted by molar-refractivity contribution is 0.808. The molecule has 0 radical (unpaired) electrons. The summed E-state index contributed by atoms with van der Waals surface area (Å²) in [5, 5.41) is 5.24. The van der Waals surface area contributed by atoms with Gasteiger partial charge in [0.2, 0.25) is 0 Å². The molecule has 0 amide bonds. The summed E-state index contributed by atoms with van der Waals surface area (Å²) in [7, 11) is 1.98. The maximum absolute atomic E-state index is 3.13. The minimum atomic E-state index is 1.06. The topological polar surface area (TPSA) is 12.0 Å². The van der Waals surface area contributed by atoms with E-state index < -0.39 is 0 Å². The Morgan fingerprint density at radius 2 is 2.50 bits per heavy atom. The van der Waals surface area contributed by atoms with Crippen LogP contribution in [0.25, 0.3) is 5.57 Å². The van der Waals surface area contributed by atoms with Gasteiger partial charge >= 0.3 is 0 Å². The molecule has 0 fully saturated rings. The maximum Gasteiger partial charge on any atom is 0.0296 e. The molecular weight excluding hydrogens is 166 g/mol. The van der Waals surface area contributed by atoms with E-state index in [-0.39, 0.29) is 0 Å². The van der Waals surface area contributed by atoms with E-state index in [0.29, 0.717) is 0 Å². The van der Waals surface area contributed by atoms with Crippen molar-refractivity contribution < 1.29 is 0 Å². The van der Waals surface area contributed by atoms with Gasteiger partial charge in [-0.1, -0.05) is 12.1 Å². The van der Waals surface area contributed by atoms with Crippen molar-refractivity contribution in [2.45, 2.75) is 13.3 Å². The molecule has 12 heavy (non-hydrogen) atoms. The molecule has 1 nitrogen and oxygen atoms in total. The summed E-state index contributed by atoms with van der Waals surface area (Å²) < 4.78 is 0. The molecule has 1 heterocycles. The fraction of sp³-hybridized carbons (Fsp3) is 0.400. The standard InChI is InChI=1S/C10H15NS/c1-9(5-3-7-11-2)10-6-4-8-12-10/h4-6,8,11H,3,7H2,1-2H3. The van der Waals surface area contributed by atoms with Gasteiger partial charge in [0.1, 0.15) is 0 Å².